The molecule has 1 amide bonds. The number of likely N-dealkylation sites (N-methyl/N-ethyl adjacent to an activating group) is 1. The second kappa shape index (κ2) is 7.87. The van der Waals surface area contributed by atoms with Gasteiger partial charge in [0.05, 0.1) is 5.69 Å². The first-order chi connectivity index (χ1) is 12.8. The van der Waals surface area contributed by atoms with Gasteiger partial charge in [-0.3, -0.25) is 24.5 Å². The molecule has 0 saturated carbocycles. The van der Waals surface area contributed by atoms with Crippen LogP contribution in [0, 0.1) is 6.92 Å². The second-order valence-corrected chi connectivity index (χ2v) is 7.23. The number of aryl methyl sites for hydroxylation is 1. The van der Waals surface area contributed by atoms with Crippen LogP contribution in [0.3, 0.4) is 0 Å². The number of anilines is 1. The van der Waals surface area contributed by atoms with Crippen LogP contribution in [-0.2, 0) is 6.54 Å². The largest absolute Gasteiger partial charge is 0.348 e. The van der Waals surface area contributed by atoms with Crippen LogP contribution in [0.15, 0.2) is 29.2 Å². The van der Waals surface area contributed by atoms with Crippen molar-refractivity contribution in [1.82, 2.24) is 24.8 Å². The van der Waals surface area contributed by atoms with Gasteiger partial charge in [0.25, 0.3) is 11.5 Å². The van der Waals surface area contributed by atoms with Gasteiger partial charge in [0.2, 0.25) is 5.95 Å². The van der Waals surface area contributed by atoms with Gasteiger partial charge in [0.15, 0.2) is 0 Å². The van der Waals surface area contributed by atoms with Gasteiger partial charge in [-0.05, 0) is 32.0 Å². The molecule has 144 valence electrons. The van der Waals surface area contributed by atoms with E-state index in [4.69, 9.17) is 0 Å². The van der Waals surface area contributed by atoms with Crippen molar-refractivity contribution in [2.24, 2.45) is 0 Å². The molecule has 3 rings (SSSR count). The van der Waals surface area contributed by atoms with Crippen molar-refractivity contribution < 1.29 is 4.79 Å². The van der Waals surface area contributed by atoms with E-state index in [1.165, 1.54) is 6.07 Å². The summed E-state index contributed by atoms with van der Waals surface area (Å²) < 4.78 is 0. The van der Waals surface area contributed by atoms with E-state index < -0.39 is 0 Å². The molecule has 1 N–H and O–H groups in total. The summed E-state index contributed by atoms with van der Waals surface area (Å²) in [6, 6.07) is 5.49. The Kier molecular flexibility index (Phi) is 5.55. The summed E-state index contributed by atoms with van der Waals surface area (Å²) in [7, 11) is 5.68. The number of nitrogens with one attached hydrogen (secondary N) is 1. The number of carbonyl (C=O) groups excluding carboxylic acids is 1. The van der Waals surface area contributed by atoms with Crippen LogP contribution in [0.2, 0.25) is 0 Å². The maximum absolute atomic E-state index is 12.7. The molecule has 0 aliphatic carbocycles. The summed E-state index contributed by atoms with van der Waals surface area (Å²) in [5.74, 6) is 0.521. The minimum atomic E-state index is -0.161. The Labute approximate surface area is 158 Å². The van der Waals surface area contributed by atoms with Gasteiger partial charge in [-0.1, -0.05) is 6.07 Å². The van der Waals surface area contributed by atoms with E-state index in [0.29, 0.717) is 31.3 Å². The van der Waals surface area contributed by atoms with Gasteiger partial charge in [-0.15, -0.1) is 0 Å². The summed E-state index contributed by atoms with van der Waals surface area (Å²) in [5, 5.41) is 0. The monoisotopic (exact) mass is 370 g/mol. The van der Waals surface area contributed by atoms with E-state index in [9.17, 15) is 9.59 Å². The van der Waals surface area contributed by atoms with E-state index >= 15 is 0 Å². The lowest BCUT2D eigenvalue weighted by Crippen LogP contribution is -2.37. The molecule has 1 unspecified atom stereocenters. The molecule has 1 atom stereocenters. The molecule has 0 radical (unpaired) electrons. The first kappa shape index (κ1) is 19.0. The Balaban J connectivity index is 1.66. The lowest BCUT2D eigenvalue weighted by Gasteiger charge is -2.24. The highest BCUT2D eigenvalue weighted by molar-refractivity contribution is 5.93. The Morgan fingerprint density at radius 1 is 1.37 bits per heavy atom. The van der Waals surface area contributed by atoms with Crippen molar-refractivity contribution in [2.75, 3.05) is 39.1 Å². The second-order valence-electron chi connectivity index (χ2n) is 7.23. The molecule has 2 aromatic rings. The normalized spacial score (nSPS) is 16.8. The van der Waals surface area contributed by atoms with E-state index in [1.54, 1.807) is 11.1 Å². The van der Waals surface area contributed by atoms with Gasteiger partial charge in [0.1, 0.15) is 5.69 Å². The molecule has 8 nitrogen and oxygen atoms in total. The average Bonchev–Trinajstić information content (AvgIpc) is 3.11. The number of nitrogens with zero attached hydrogens (tertiary/aromatic N) is 5. The molecule has 0 aromatic carbocycles. The van der Waals surface area contributed by atoms with Crippen LogP contribution in [0.25, 0.3) is 0 Å². The molecule has 1 fully saturated rings. The van der Waals surface area contributed by atoms with Crippen molar-refractivity contribution >= 4 is 11.9 Å². The highest BCUT2D eigenvalue weighted by Gasteiger charge is 2.30. The molecule has 2 aromatic heterocycles. The van der Waals surface area contributed by atoms with Gasteiger partial charge in [0, 0.05) is 52.0 Å². The fourth-order valence-electron chi connectivity index (χ4n) is 3.32. The zero-order valence-electron chi connectivity index (χ0n) is 16.3. The Morgan fingerprint density at radius 3 is 2.85 bits per heavy atom. The summed E-state index contributed by atoms with van der Waals surface area (Å²) in [6.45, 7) is 3.81. The highest BCUT2D eigenvalue weighted by Crippen LogP contribution is 2.19. The van der Waals surface area contributed by atoms with E-state index in [1.807, 2.05) is 45.1 Å². The summed E-state index contributed by atoms with van der Waals surface area (Å²) in [4.78, 5) is 41.8. The first-order valence-corrected chi connectivity index (χ1v) is 9.04. The minimum Gasteiger partial charge on any atom is -0.348 e. The zero-order chi connectivity index (χ0) is 19.6. The van der Waals surface area contributed by atoms with E-state index in [-0.39, 0.29) is 17.5 Å². The maximum atomic E-state index is 12.7. The Bertz CT molecular complexity index is 878. The molecule has 8 heteroatoms. The van der Waals surface area contributed by atoms with Gasteiger partial charge < -0.3 is 9.80 Å². The number of aromatic amines is 1. The van der Waals surface area contributed by atoms with Crippen LogP contribution in [-0.4, -0.2) is 70.9 Å². The third-order valence-electron chi connectivity index (χ3n) is 4.90. The van der Waals surface area contributed by atoms with Crippen molar-refractivity contribution in [1.29, 1.82) is 0 Å². The SMILES string of the molecule is Cc1cccnc1C(=O)N1CCC(N(C)Cc2cc(=O)[nH]c(N(C)C)n2)C1. The Hall–Kier alpha value is -2.74. The molecule has 1 aliphatic rings. The van der Waals surface area contributed by atoms with Crippen molar-refractivity contribution in [3.63, 3.8) is 0 Å². The van der Waals surface area contributed by atoms with E-state index in [2.05, 4.69) is 19.9 Å². The fourth-order valence-corrected chi connectivity index (χ4v) is 3.32. The standard InChI is InChI=1S/C19H26N6O2/c1-13-6-5-8-20-17(13)18(27)25-9-7-15(12-25)24(4)11-14-10-16(26)22-19(21-14)23(2)3/h5-6,8,10,15H,7,9,11-12H2,1-4H3,(H,21,22,26). The molecule has 27 heavy (non-hydrogen) atoms. The molecule has 1 aliphatic heterocycles. The molecule has 1 saturated heterocycles. The lowest BCUT2D eigenvalue weighted by molar-refractivity contribution is 0.0773. The zero-order valence-corrected chi connectivity index (χ0v) is 16.3. The number of amides is 1. The average molecular weight is 370 g/mol. The van der Waals surface area contributed by atoms with Gasteiger partial charge >= 0.3 is 0 Å². The molecule has 0 bridgehead atoms. The fraction of sp³-hybridized carbons (Fsp3) is 0.474. The lowest BCUT2D eigenvalue weighted by atomic mass is 10.2. The Morgan fingerprint density at radius 2 is 2.15 bits per heavy atom. The third kappa shape index (κ3) is 4.33. The molecule has 0 spiro atoms. The number of hydrogen-bond donors (Lipinski definition) is 1. The van der Waals surface area contributed by atoms with Gasteiger partial charge in [-0.25, -0.2) is 4.98 Å². The van der Waals surface area contributed by atoms with Crippen molar-refractivity contribution in [2.45, 2.75) is 25.9 Å². The van der Waals surface area contributed by atoms with Crippen LogP contribution < -0.4 is 10.5 Å². The number of carbonyl (C=O) groups is 1. The first-order valence-electron chi connectivity index (χ1n) is 9.04. The summed E-state index contributed by atoms with van der Waals surface area (Å²) in [5.41, 5.74) is 1.97. The van der Waals surface area contributed by atoms with Crippen molar-refractivity contribution in [3.8, 4) is 0 Å². The number of hydrogen-bond acceptors (Lipinski definition) is 6. The summed E-state index contributed by atoms with van der Waals surface area (Å²) in [6.07, 6.45) is 2.54. The quantitative estimate of drug-likeness (QED) is 0.841. The third-order valence-corrected chi connectivity index (χ3v) is 4.90. The van der Waals surface area contributed by atoms with E-state index in [0.717, 1.165) is 17.7 Å². The maximum Gasteiger partial charge on any atom is 0.272 e. The number of pyridine rings is 1. The number of aromatic nitrogens is 3. The summed E-state index contributed by atoms with van der Waals surface area (Å²) >= 11 is 0. The molecular formula is C19H26N6O2. The molecule has 3 heterocycles. The van der Waals surface area contributed by atoms with Crippen LogP contribution in [0.4, 0.5) is 5.95 Å². The smallest absolute Gasteiger partial charge is 0.272 e. The predicted octanol–water partition coefficient (Wildman–Crippen LogP) is 0.886. The predicted molar refractivity (Wildman–Crippen MR) is 104 cm³/mol. The van der Waals surface area contributed by atoms with Gasteiger partial charge in [-0.2, -0.15) is 0 Å². The number of likely N-dealkylation sites (tertiary alicyclic amines) is 1. The van der Waals surface area contributed by atoms with Crippen LogP contribution in [0.1, 0.15) is 28.2 Å². The molecular weight excluding hydrogens is 344 g/mol. The number of H-pyrrole nitrogens is 1. The van der Waals surface area contributed by atoms with Crippen molar-refractivity contribution in [3.05, 3.63) is 51.7 Å². The minimum absolute atomic E-state index is 0.0202. The topological polar surface area (TPSA) is 85.4 Å². The highest BCUT2D eigenvalue weighted by atomic mass is 16.2. The number of rotatable bonds is 5. The van der Waals surface area contributed by atoms with Crippen LogP contribution >= 0.6 is 0 Å². The van der Waals surface area contributed by atoms with Crippen LogP contribution in [0.5, 0.6) is 0 Å².